The van der Waals surface area contributed by atoms with E-state index in [1.54, 1.807) is 0 Å². The first kappa shape index (κ1) is 9.63. The van der Waals surface area contributed by atoms with E-state index in [2.05, 4.69) is 0 Å². The lowest BCUT2D eigenvalue weighted by Gasteiger charge is -2.22. The summed E-state index contributed by atoms with van der Waals surface area (Å²) in [5, 5.41) is 8.88. The van der Waals surface area contributed by atoms with Crippen molar-refractivity contribution in [3.8, 4) is 0 Å². The molecular weight excluding hydrogens is 128 g/mol. The Morgan fingerprint density at radius 1 is 1.50 bits per heavy atom. The topological polar surface area (TPSA) is 37.3 Å². The highest BCUT2D eigenvalue weighted by molar-refractivity contribution is 5.59. The number of rotatable bonds is 5. The van der Waals surface area contributed by atoms with Gasteiger partial charge in [0.25, 0.3) is 0 Å². The summed E-state index contributed by atoms with van der Waals surface area (Å²) in [6.07, 6.45) is 3.37. The summed E-state index contributed by atoms with van der Waals surface area (Å²) < 4.78 is 0. The van der Waals surface area contributed by atoms with Crippen molar-refractivity contribution < 1.29 is 9.90 Å². The van der Waals surface area contributed by atoms with E-state index in [0.717, 1.165) is 25.5 Å². The molecule has 0 saturated carbocycles. The maximum atomic E-state index is 10.5. The van der Waals surface area contributed by atoms with Gasteiger partial charge in [0.1, 0.15) is 6.29 Å². The van der Waals surface area contributed by atoms with Crippen LogP contribution >= 0.6 is 0 Å². The normalized spacial score (nSPS) is 16.3. The monoisotopic (exact) mass is 144 g/mol. The predicted molar refractivity (Wildman–Crippen MR) is 40.8 cm³/mol. The molecule has 0 radical (unpaired) electrons. The fourth-order valence-electron chi connectivity index (χ4n) is 1.05. The van der Waals surface area contributed by atoms with E-state index in [1.165, 1.54) is 0 Å². The summed E-state index contributed by atoms with van der Waals surface area (Å²) in [6.45, 7) is 3.94. The molecule has 60 valence electrons. The van der Waals surface area contributed by atoms with Gasteiger partial charge in [0.2, 0.25) is 0 Å². The minimum atomic E-state index is -0.450. The summed E-state index contributed by atoms with van der Waals surface area (Å²) in [4.78, 5) is 10.5. The van der Waals surface area contributed by atoms with Crippen LogP contribution in [0.5, 0.6) is 0 Å². The molecule has 0 aromatic rings. The van der Waals surface area contributed by atoms with Crippen LogP contribution in [-0.2, 0) is 4.79 Å². The summed E-state index contributed by atoms with van der Waals surface area (Å²) in [6, 6.07) is 0. The minimum absolute atomic E-state index is 0.0131. The minimum Gasteiger partial charge on any atom is -0.395 e. The van der Waals surface area contributed by atoms with Crippen molar-refractivity contribution in [2.75, 3.05) is 6.61 Å². The van der Waals surface area contributed by atoms with Crippen molar-refractivity contribution in [1.29, 1.82) is 0 Å². The van der Waals surface area contributed by atoms with E-state index in [-0.39, 0.29) is 6.61 Å². The van der Waals surface area contributed by atoms with Crippen molar-refractivity contribution in [2.45, 2.75) is 33.1 Å². The number of aldehydes is 1. The molecule has 2 nitrogen and oxygen atoms in total. The van der Waals surface area contributed by atoms with E-state index in [1.807, 2.05) is 13.8 Å². The van der Waals surface area contributed by atoms with Gasteiger partial charge in [0.05, 0.1) is 6.61 Å². The molecule has 0 spiro atoms. The van der Waals surface area contributed by atoms with Gasteiger partial charge in [-0.15, -0.1) is 0 Å². The molecule has 0 saturated heterocycles. The second-order valence-corrected chi connectivity index (χ2v) is 2.74. The molecule has 10 heavy (non-hydrogen) atoms. The predicted octanol–water partition coefficient (Wildman–Crippen LogP) is 1.37. The Bertz CT molecular complexity index is 95.4. The molecule has 0 heterocycles. The zero-order valence-corrected chi connectivity index (χ0v) is 6.76. The molecule has 0 aliphatic rings. The molecule has 1 unspecified atom stereocenters. The van der Waals surface area contributed by atoms with Gasteiger partial charge >= 0.3 is 0 Å². The highest BCUT2D eigenvalue weighted by Crippen LogP contribution is 2.24. The summed E-state index contributed by atoms with van der Waals surface area (Å²) in [5.74, 6) is 0. The third kappa shape index (κ3) is 2.10. The average molecular weight is 144 g/mol. The fourth-order valence-corrected chi connectivity index (χ4v) is 1.05. The maximum Gasteiger partial charge on any atom is 0.128 e. The molecule has 0 aromatic carbocycles. The van der Waals surface area contributed by atoms with Crippen LogP contribution in [0.25, 0.3) is 0 Å². The number of carbonyl (C=O) groups excluding carboxylic acids is 1. The Morgan fingerprint density at radius 3 is 2.20 bits per heavy atom. The second-order valence-electron chi connectivity index (χ2n) is 2.74. The molecule has 0 amide bonds. The second kappa shape index (κ2) is 4.45. The van der Waals surface area contributed by atoms with Crippen LogP contribution in [0.4, 0.5) is 0 Å². The van der Waals surface area contributed by atoms with Crippen LogP contribution in [0.2, 0.25) is 0 Å². The Labute approximate surface area is 62.2 Å². The Balaban J connectivity index is 4.00. The molecule has 1 atom stereocenters. The third-order valence-corrected chi connectivity index (χ3v) is 2.02. The van der Waals surface area contributed by atoms with E-state index in [0.29, 0.717) is 0 Å². The van der Waals surface area contributed by atoms with Crippen LogP contribution in [0.15, 0.2) is 0 Å². The molecule has 0 rings (SSSR count). The molecule has 2 heteroatoms. The summed E-state index contributed by atoms with van der Waals surface area (Å²) >= 11 is 0. The molecule has 0 fully saturated rings. The van der Waals surface area contributed by atoms with E-state index in [4.69, 9.17) is 5.11 Å². The number of carbonyl (C=O) groups is 1. The third-order valence-electron chi connectivity index (χ3n) is 2.02. The maximum absolute atomic E-state index is 10.5. The Morgan fingerprint density at radius 2 is 2.10 bits per heavy atom. The number of aliphatic hydroxyl groups excluding tert-OH is 1. The molecular formula is C8H16O2. The summed E-state index contributed by atoms with van der Waals surface area (Å²) in [7, 11) is 0. The van der Waals surface area contributed by atoms with Gasteiger partial charge in [-0.05, 0) is 12.8 Å². The first-order valence-electron chi connectivity index (χ1n) is 3.82. The Hall–Kier alpha value is -0.370. The van der Waals surface area contributed by atoms with E-state index >= 15 is 0 Å². The van der Waals surface area contributed by atoms with Gasteiger partial charge in [-0.3, -0.25) is 0 Å². The van der Waals surface area contributed by atoms with Gasteiger partial charge in [-0.2, -0.15) is 0 Å². The van der Waals surface area contributed by atoms with Crippen molar-refractivity contribution in [3.05, 3.63) is 0 Å². The lowest BCUT2D eigenvalue weighted by Crippen LogP contribution is -2.25. The van der Waals surface area contributed by atoms with Gasteiger partial charge in [-0.1, -0.05) is 20.3 Å². The fraction of sp³-hybridized carbons (Fsp3) is 0.875. The zero-order valence-electron chi connectivity index (χ0n) is 6.76. The molecule has 0 bridgehead atoms. The van der Waals surface area contributed by atoms with Crippen molar-refractivity contribution in [1.82, 2.24) is 0 Å². The van der Waals surface area contributed by atoms with Crippen molar-refractivity contribution >= 4 is 6.29 Å². The zero-order chi connectivity index (χ0) is 8.04. The van der Waals surface area contributed by atoms with Gasteiger partial charge in [0.15, 0.2) is 0 Å². The van der Waals surface area contributed by atoms with Gasteiger partial charge in [0, 0.05) is 5.41 Å². The SMILES string of the molecule is CCCC(C=O)(CC)CO. The van der Waals surface area contributed by atoms with Crippen LogP contribution in [0.1, 0.15) is 33.1 Å². The van der Waals surface area contributed by atoms with E-state index in [9.17, 15) is 4.79 Å². The standard InChI is InChI=1S/C8H16O2/c1-3-5-8(4-2,6-9)7-10/h6,10H,3-5,7H2,1-2H3. The van der Waals surface area contributed by atoms with Crippen LogP contribution in [0.3, 0.4) is 0 Å². The van der Waals surface area contributed by atoms with Crippen LogP contribution < -0.4 is 0 Å². The van der Waals surface area contributed by atoms with Gasteiger partial charge < -0.3 is 9.90 Å². The van der Waals surface area contributed by atoms with Gasteiger partial charge in [-0.25, -0.2) is 0 Å². The number of aliphatic hydroxyl groups is 1. The average Bonchev–Trinajstić information content (AvgIpc) is 2.01. The highest BCUT2D eigenvalue weighted by atomic mass is 16.3. The summed E-state index contributed by atoms with van der Waals surface area (Å²) in [5.41, 5.74) is -0.450. The Kier molecular flexibility index (Phi) is 4.28. The van der Waals surface area contributed by atoms with Crippen molar-refractivity contribution in [2.24, 2.45) is 5.41 Å². The largest absolute Gasteiger partial charge is 0.395 e. The molecule has 0 aliphatic heterocycles. The first-order chi connectivity index (χ1) is 4.74. The van der Waals surface area contributed by atoms with Crippen LogP contribution in [-0.4, -0.2) is 18.0 Å². The molecule has 0 aromatic heterocycles. The van der Waals surface area contributed by atoms with Crippen LogP contribution in [0, 0.1) is 5.41 Å². The quantitative estimate of drug-likeness (QED) is 0.592. The lowest BCUT2D eigenvalue weighted by molar-refractivity contribution is -0.119. The number of hydrogen-bond donors (Lipinski definition) is 1. The smallest absolute Gasteiger partial charge is 0.128 e. The first-order valence-corrected chi connectivity index (χ1v) is 3.82. The van der Waals surface area contributed by atoms with Crippen molar-refractivity contribution in [3.63, 3.8) is 0 Å². The molecule has 1 N–H and O–H groups in total. The lowest BCUT2D eigenvalue weighted by atomic mass is 9.83. The number of hydrogen-bond acceptors (Lipinski definition) is 2. The molecule has 0 aliphatic carbocycles. The van der Waals surface area contributed by atoms with E-state index < -0.39 is 5.41 Å². The highest BCUT2D eigenvalue weighted by Gasteiger charge is 2.24.